The van der Waals surface area contributed by atoms with E-state index in [2.05, 4.69) is 6.92 Å². The van der Waals surface area contributed by atoms with Crippen LogP contribution in [0.3, 0.4) is 0 Å². The molecular weight excluding hydrogens is 279 g/mol. The molecule has 3 nitrogen and oxygen atoms in total. The van der Waals surface area contributed by atoms with Crippen molar-refractivity contribution in [3.63, 3.8) is 0 Å². The van der Waals surface area contributed by atoms with Crippen molar-refractivity contribution in [1.29, 1.82) is 0 Å². The molecule has 1 saturated heterocycles. The molecule has 1 aromatic rings. The number of hydrogen-bond donors (Lipinski definition) is 1. The van der Waals surface area contributed by atoms with Crippen molar-refractivity contribution in [3.8, 4) is 0 Å². The van der Waals surface area contributed by atoms with E-state index in [0.717, 1.165) is 6.42 Å². The van der Waals surface area contributed by atoms with Gasteiger partial charge in [0.15, 0.2) is 0 Å². The number of halogens is 2. The average Bonchev–Trinajstić information content (AvgIpc) is 2.78. The van der Waals surface area contributed by atoms with Crippen LogP contribution in [0.4, 0.5) is 4.39 Å². The number of carbonyl (C=O) groups excluding carboxylic acids is 1. The van der Waals surface area contributed by atoms with Crippen LogP contribution >= 0.6 is 12.4 Å². The average molecular weight is 301 g/mol. The molecule has 1 fully saturated rings. The van der Waals surface area contributed by atoms with E-state index in [1.54, 1.807) is 12.1 Å². The summed E-state index contributed by atoms with van der Waals surface area (Å²) < 4.78 is 13.9. The fourth-order valence-electron chi connectivity index (χ4n) is 2.76. The molecule has 20 heavy (non-hydrogen) atoms. The van der Waals surface area contributed by atoms with Gasteiger partial charge in [0.1, 0.15) is 5.82 Å². The number of rotatable bonds is 4. The second-order valence-corrected chi connectivity index (χ2v) is 5.32. The van der Waals surface area contributed by atoms with E-state index < -0.39 is 0 Å². The van der Waals surface area contributed by atoms with E-state index in [9.17, 15) is 9.18 Å². The van der Waals surface area contributed by atoms with Crippen molar-refractivity contribution >= 4 is 18.3 Å². The summed E-state index contributed by atoms with van der Waals surface area (Å²) in [6.45, 7) is 3.33. The van der Waals surface area contributed by atoms with Crippen LogP contribution in [-0.2, 0) is 4.79 Å². The van der Waals surface area contributed by atoms with Crippen LogP contribution in [0.15, 0.2) is 24.3 Å². The quantitative estimate of drug-likeness (QED) is 0.929. The van der Waals surface area contributed by atoms with Crippen molar-refractivity contribution < 1.29 is 9.18 Å². The minimum Gasteiger partial charge on any atom is -0.335 e. The van der Waals surface area contributed by atoms with Gasteiger partial charge in [-0.2, -0.15) is 0 Å². The first-order valence-electron chi connectivity index (χ1n) is 6.87. The van der Waals surface area contributed by atoms with Gasteiger partial charge in [0.25, 0.3) is 0 Å². The van der Waals surface area contributed by atoms with Gasteiger partial charge in [-0.05, 0) is 31.4 Å². The summed E-state index contributed by atoms with van der Waals surface area (Å²) in [5.74, 6) is 0.271. The van der Waals surface area contributed by atoms with E-state index in [1.807, 2.05) is 11.0 Å². The van der Waals surface area contributed by atoms with Gasteiger partial charge < -0.3 is 10.6 Å². The Balaban J connectivity index is 0.00000200. The molecule has 5 heteroatoms. The Morgan fingerprint density at radius 1 is 1.45 bits per heavy atom. The molecule has 2 unspecified atom stereocenters. The molecule has 1 amide bonds. The number of likely N-dealkylation sites (tertiary alicyclic amines) is 1. The number of carbonyl (C=O) groups is 1. The zero-order valence-corrected chi connectivity index (χ0v) is 12.5. The van der Waals surface area contributed by atoms with Crippen LogP contribution in [0.5, 0.6) is 0 Å². The lowest BCUT2D eigenvalue weighted by molar-refractivity contribution is -0.132. The highest BCUT2D eigenvalue weighted by atomic mass is 35.5. The van der Waals surface area contributed by atoms with Crippen LogP contribution in [0.25, 0.3) is 0 Å². The molecule has 2 rings (SSSR count). The predicted molar refractivity (Wildman–Crippen MR) is 80.2 cm³/mol. The molecule has 112 valence electrons. The van der Waals surface area contributed by atoms with Gasteiger partial charge in [-0.3, -0.25) is 4.79 Å². The van der Waals surface area contributed by atoms with E-state index >= 15 is 0 Å². The lowest BCUT2D eigenvalue weighted by Crippen LogP contribution is -2.31. The van der Waals surface area contributed by atoms with E-state index in [1.165, 1.54) is 6.07 Å². The SMILES string of the molecule is CC1CC(c2ccccc2F)N(C(=O)CCCN)C1.Cl. The second-order valence-electron chi connectivity index (χ2n) is 5.32. The molecule has 1 aliphatic heterocycles. The third kappa shape index (κ3) is 3.70. The fourth-order valence-corrected chi connectivity index (χ4v) is 2.76. The van der Waals surface area contributed by atoms with Gasteiger partial charge in [-0.15, -0.1) is 12.4 Å². The van der Waals surface area contributed by atoms with E-state index in [0.29, 0.717) is 37.4 Å². The third-order valence-electron chi connectivity index (χ3n) is 3.69. The first-order chi connectivity index (χ1) is 9.13. The maximum Gasteiger partial charge on any atom is 0.223 e. The standard InChI is InChI=1S/C15H21FN2O.ClH/c1-11-9-14(12-5-2-3-6-13(12)16)18(10-11)15(19)7-4-8-17;/h2-3,5-6,11,14H,4,7-10,17H2,1H3;1H. The third-order valence-corrected chi connectivity index (χ3v) is 3.69. The van der Waals surface area contributed by atoms with Gasteiger partial charge >= 0.3 is 0 Å². The van der Waals surface area contributed by atoms with Gasteiger partial charge in [-0.1, -0.05) is 25.1 Å². The highest BCUT2D eigenvalue weighted by Gasteiger charge is 2.34. The molecule has 0 spiro atoms. The molecule has 1 aliphatic rings. The van der Waals surface area contributed by atoms with Crippen LogP contribution in [0.2, 0.25) is 0 Å². The molecule has 0 aromatic heterocycles. The summed E-state index contributed by atoms with van der Waals surface area (Å²) in [5.41, 5.74) is 6.07. The van der Waals surface area contributed by atoms with E-state index in [4.69, 9.17) is 5.73 Å². The Kier molecular flexibility index (Phi) is 6.43. The molecule has 0 aliphatic carbocycles. The minimum absolute atomic E-state index is 0. The minimum atomic E-state index is -0.224. The maximum atomic E-state index is 13.9. The number of benzene rings is 1. The first kappa shape index (κ1) is 16.9. The highest BCUT2D eigenvalue weighted by molar-refractivity contribution is 5.85. The van der Waals surface area contributed by atoms with Crippen molar-refractivity contribution in [2.45, 2.75) is 32.2 Å². The predicted octanol–water partition coefficient (Wildman–Crippen LogP) is 2.90. The van der Waals surface area contributed by atoms with Gasteiger partial charge in [0, 0.05) is 18.5 Å². The van der Waals surface area contributed by atoms with Crippen LogP contribution in [0, 0.1) is 11.7 Å². The molecule has 2 N–H and O–H groups in total. The number of nitrogens with two attached hydrogens (primary N) is 1. The van der Waals surface area contributed by atoms with Crippen molar-refractivity contribution in [2.24, 2.45) is 11.7 Å². The Labute approximate surface area is 125 Å². The summed E-state index contributed by atoms with van der Waals surface area (Å²) >= 11 is 0. The van der Waals surface area contributed by atoms with Gasteiger partial charge in [-0.25, -0.2) is 4.39 Å². The molecule has 0 radical (unpaired) electrons. The summed E-state index contributed by atoms with van der Waals surface area (Å²) in [7, 11) is 0. The summed E-state index contributed by atoms with van der Waals surface area (Å²) in [6.07, 6.45) is 1.97. The van der Waals surface area contributed by atoms with Gasteiger partial charge in [0.2, 0.25) is 5.91 Å². The largest absolute Gasteiger partial charge is 0.335 e. The van der Waals surface area contributed by atoms with Crippen molar-refractivity contribution in [1.82, 2.24) is 4.90 Å². The molecule has 2 atom stereocenters. The molecule has 1 aromatic carbocycles. The van der Waals surface area contributed by atoms with Crippen LogP contribution in [-0.4, -0.2) is 23.9 Å². The fraction of sp³-hybridized carbons (Fsp3) is 0.533. The Bertz CT molecular complexity index is 455. The van der Waals surface area contributed by atoms with Gasteiger partial charge in [0.05, 0.1) is 6.04 Å². The van der Waals surface area contributed by atoms with Crippen LogP contribution in [0.1, 0.15) is 37.8 Å². The number of amides is 1. The highest BCUT2D eigenvalue weighted by Crippen LogP contribution is 2.36. The molecular formula is C15H22ClFN2O. The Morgan fingerprint density at radius 3 is 2.80 bits per heavy atom. The maximum absolute atomic E-state index is 13.9. The monoisotopic (exact) mass is 300 g/mol. The number of nitrogens with zero attached hydrogens (tertiary/aromatic N) is 1. The Hall–Kier alpha value is -1.13. The van der Waals surface area contributed by atoms with E-state index in [-0.39, 0.29) is 30.2 Å². The first-order valence-corrected chi connectivity index (χ1v) is 6.87. The molecule has 0 saturated carbocycles. The normalized spacial score (nSPS) is 21.6. The van der Waals surface area contributed by atoms with Crippen molar-refractivity contribution in [3.05, 3.63) is 35.6 Å². The number of hydrogen-bond acceptors (Lipinski definition) is 2. The lowest BCUT2D eigenvalue weighted by Gasteiger charge is -2.25. The topological polar surface area (TPSA) is 46.3 Å². The summed E-state index contributed by atoms with van der Waals surface area (Å²) in [6, 6.07) is 6.62. The Morgan fingerprint density at radius 2 is 2.15 bits per heavy atom. The second kappa shape index (κ2) is 7.60. The molecule has 1 heterocycles. The molecule has 0 bridgehead atoms. The smallest absolute Gasteiger partial charge is 0.223 e. The summed E-state index contributed by atoms with van der Waals surface area (Å²) in [5, 5.41) is 0. The summed E-state index contributed by atoms with van der Waals surface area (Å²) in [4.78, 5) is 14.0. The zero-order valence-electron chi connectivity index (χ0n) is 11.7. The lowest BCUT2D eigenvalue weighted by atomic mass is 10.0. The van der Waals surface area contributed by atoms with Crippen molar-refractivity contribution in [2.75, 3.05) is 13.1 Å². The zero-order chi connectivity index (χ0) is 13.8. The van der Waals surface area contributed by atoms with Crippen LogP contribution < -0.4 is 5.73 Å².